The molecule has 2 heterocycles. The summed E-state index contributed by atoms with van der Waals surface area (Å²) in [6, 6.07) is 11.0. The van der Waals surface area contributed by atoms with E-state index in [1.807, 2.05) is 6.07 Å². The summed E-state index contributed by atoms with van der Waals surface area (Å²) in [5.41, 5.74) is 3.82. The van der Waals surface area contributed by atoms with Crippen LogP contribution in [-0.4, -0.2) is 23.9 Å². The van der Waals surface area contributed by atoms with Crippen molar-refractivity contribution in [1.29, 1.82) is 0 Å². The fourth-order valence-corrected chi connectivity index (χ4v) is 4.07. The van der Waals surface area contributed by atoms with Crippen LogP contribution in [-0.2, 0) is 11.2 Å². The minimum atomic E-state index is -0.448. The zero-order valence-electron chi connectivity index (χ0n) is 14.8. The Morgan fingerprint density at radius 1 is 1.22 bits per heavy atom. The number of benzene rings is 2. The molecule has 2 aromatic rings. The Bertz CT molecular complexity index is 884. The molecule has 1 saturated heterocycles. The van der Waals surface area contributed by atoms with E-state index in [4.69, 9.17) is 11.6 Å². The van der Waals surface area contributed by atoms with E-state index in [9.17, 15) is 9.18 Å². The van der Waals surface area contributed by atoms with Gasteiger partial charge in [-0.2, -0.15) is 0 Å². The van der Waals surface area contributed by atoms with Gasteiger partial charge in [0.05, 0.1) is 0 Å². The van der Waals surface area contributed by atoms with Crippen molar-refractivity contribution in [2.24, 2.45) is 0 Å². The molecule has 0 saturated carbocycles. The van der Waals surface area contributed by atoms with Gasteiger partial charge in [0.15, 0.2) is 0 Å². The summed E-state index contributed by atoms with van der Waals surface area (Å²) in [6.45, 7) is 2.29. The summed E-state index contributed by atoms with van der Waals surface area (Å²) < 4.78 is 13.8. The first-order valence-electron chi connectivity index (χ1n) is 8.91. The molecule has 0 radical (unpaired) electrons. The summed E-state index contributed by atoms with van der Waals surface area (Å²) in [6.07, 6.45) is 6.28. The Labute approximate surface area is 169 Å². The van der Waals surface area contributed by atoms with Crippen LogP contribution < -0.4 is 5.32 Å². The average Bonchev–Trinajstić information content (AvgIpc) is 3.10. The van der Waals surface area contributed by atoms with Crippen molar-refractivity contribution in [1.82, 2.24) is 4.90 Å². The fourth-order valence-electron chi connectivity index (χ4n) is 3.91. The lowest BCUT2D eigenvalue weighted by Crippen LogP contribution is -2.30. The van der Waals surface area contributed by atoms with E-state index in [2.05, 4.69) is 22.3 Å². The van der Waals surface area contributed by atoms with Gasteiger partial charge in [0, 0.05) is 34.9 Å². The average molecular weight is 407 g/mol. The van der Waals surface area contributed by atoms with Crippen LogP contribution in [0.5, 0.6) is 0 Å². The van der Waals surface area contributed by atoms with Gasteiger partial charge in [-0.05, 0) is 67.3 Å². The van der Waals surface area contributed by atoms with Crippen molar-refractivity contribution in [2.45, 2.75) is 25.3 Å². The topological polar surface area (TPSA) is 32.3 Å². The molecule has 1 amide bonds. The van der Waals surface area contributed by atoms with Gasteiger partial charge in [0.1, 0.15) is 5.82 Å². The molecular formula is C21H21Cl2FN2O. The van der Waals surface area contributed by atoms with Crippen LogP contribution in [0, 0.1) is 5.82 Å². The first-order chi connectivity index (χ1) is 12.6. The number of rotatable bonds is 3. The van der Waals surface area contributed by atoms with Gasteiger partial charge in [-0.25, -0.2) is 4.39 Å². The van der Waals surface area contributed by atoms with E-state index in [0.29, 0.717) is 16.6 Å². The normalized spacial score (nSPS) is 18.7. The second kappa shape index (κ2) is 8.42. The van der Waals surface area contributed by atoms with Crippen LogP contribution in [0.15, 0.2) is 42.5 Å². The molecule has 1 unspecified atom stereocenters. The van der Waals surface area contributed by atoms with Gasteiger partial charge in [-0.15, -0.1) is 12.4 Å². The van der Waals surface area contributed by atoms with Crippen molar-refractivity contribution < 1.29 is 9.18 Å². The lowest BCUT2D eigenvalue weighted by Gasteiger charge is -2.32. The number of hydrogen-bond donors (Lipinski definition) is 1. The molecule has 2 aromatic carbocycles. The number of amides is 1. The number of nitrogens with zero attached hydrogens (tertiary/aromatic N) is 1. The Balaban J connectivity index is 0.00000210. The predicted molar refractivity (Wildman–Crippen MR) is 110 cm³/mol. The first kappa shape index (κ1) is 19.9. The van der Waals surface area contributed by atoms with Crippen molar-refractivity contribution in [3.8, 4) is 0 Å². The van der Waals surface area contributed by atoms with E-state index in [1.165, 1.54) is 42.2 Å². The van der Waals surface area contributed by atoms with Gasteiger partial charge >= 0.3 is 0 Å². The Kier molecular flexibility index (Phi) is 6.20. The third-order valence-electron chi connectivity index (χ3n) is 5.18. The number of anilines is 1. The second-order valence-electron chi connectivity index (χ2n) is 6.85. The Morgan fingerprint density at radius 2 is 2.07 bits per heavy atom. The number of nitrogens with one attached hydrogen (secondary N) is 1. The van der Waals surface area contributed by atoms with E-state index in [1.54, 1.807) is 12.1 Å². The maximum atomic E-state index is 13.8. The standard InChI is InChI=1S/C21H20ClFN2O.ClH/c22-16-6-3-15(19(23)12-16)5-8-21(26)24-17-7-4-14-9-11-25-10-1-2-20(25)18(14)13-17;/h3-8,12-13,20H,1-2,9-11H2,(H,24,26);1H. The van der Waals surface area contributed by atoms with E-state index >= 15 is 0 Å². The summed E-state index contributed by atoms with van der Waals surface area (Å²) >= 11 is 5.74. The molecule has 1 atom stereocenters. The highest BCUT2D eigenvalue weighted by molar-refractivity contribution is 6.30. The first-order valence-corrected chi connectivity index (χ1v) is 9.29. The number of carbonyl (C=O) groups excluding carboxylic acids is 1. The molecule has 0 aliphatic carbocycles. The molecule has 0 aromatic heterocycles. The van der Waals surface area contributed by atoms with Crippen LogP contribution in [0.4, 0.5) is 10.1 Å². The molecular weight excluding hydrogens is 386 g/mol. The summed E-state index contributed by atoms with van der Waals surface area (Å²) in [7, 11) is 0. The van der Waals surface area contributed by atoms with Crippen LogP contribution in [0.1, 0.15) is 35.6 Å². The molecule has 4 rings (SSSR count). The van der Waals surface area contributed by atoms with E-state index in [0.717, 1.165) is 25.2 Å². The monoisotopic (exact) mass is 406 g/mol. The summed E-state index contributed by atoms with van der Waals surface area (Å²) in [4.78, 5) is 14.7. The number of halogens is 3. The molecule has 3 nitrogen and oxygen atoms in total. The van der Waals surface area contributed by atoms with E-state index in [-0.39, 0.29) is 18.3 Å². The highest BCUT2D eigenvalue weighted by atomic mass is 35.5. The van der Waals surface area contributed by atoms with Crippen LogP contribution in [0.2, 0.25) is 5.02 Å². The lowest BCUT2D eigenvalue weighted by atomic mass is 9.92. The van der Waals surface area contributed by atoms with Crippen molar-refractivity contribution in [3.05, 3.63) is 70.0 Å². The molecule has 1 fully saturated rings. The quantitative estimate of drug-likeness (QED) is 0.706. The van der Waals surface area contributed by atoms with Crippen LogP contribution in [0.3, 0.4) is 0 Å². The maximum absolute atomic E-state index is 13.8. The van der Waals surface area contributed by atoms with Gasteiger partial charge < -0.3 is 5.32 Å². The zero-order valence-corrected chi connectivity index (χ0v) is 16.3. The van der Waals surface area contributed by atoms with Crippen molar-refractivity contribution >= 4 is 41.7 Å². The third kappa shape index (κ3) is 4.34. The smallest absolute Gasteiger partial charge is 0.248 e. The van der Waals surface area contributed by atoms with Gasteiger partial charge in [0.25, 0.3) is 0 Å². The predicted octanol–water partition coefficient (Wildman–Crippen LogP) is 5.25. The van der Waals surface area contributed by atoms with Gasteiger partial charge in [-0.3, -0.25) is 9.69 Å². The van der Waals surface area contributed by atoms with Crippen molar-refractivity contribution in [2.75, 3.05) is 18.4 Å². The molecule has 0 bridgehead atoms. The molecule has 142 valence electrons. The van der Waals surface area contributed by atoms with E-state index < -0.39 is 5.82 Å². The molecule has 1 N–H and O–H groups in total. The van der Waals surface area contributed by atoms with Crippen LogP contribution in [0.25, 0.3) is 6.08 Å². The molecule has 0 spiro atoms. The highest BCUT2D eigenvalue weighted by Gasteiger charge is 2.31. The Hall–Kier alpha value is -1.88. The lowest BCUT2D eigenvalue weighted by molar-refractivity contribution is -0.111. The van der Waals surface area contributed by atoms with Gasteiger partial charge in [0.2, 0.25) is 5.91 Å². The zero-order chi connectivity index (χ0) is 18.1. The summed E-state index contributed by atoms with van der Waals surface area (Å²) in [5.74, 6) is -0.727. The number of hydrogen-bond acceptors (Lipinski definition) is 2. The number of fused-ring (bicyclic) bond motifs is 3. The summed E-state index contributed by atoms with van der Waals surface area (Å²) in [5, 5.41) is 3.21. The molecule has 6 heteroatoms. The molecule has 2 aliphatic rings. The van der Waals surface area contributed by atoms with Crippen molar-refractivity contribution in [3.63, 3.8) is 0 Å². The van der Waals surface area contributed by atoms with Gasteiger partial charge in [-0.1, -0.05) is 23.7 Å². The minimum absolute atomic E-state index is 0. The fraction of sp³-hybridized carbons (Fsp3) is 0.286. The number of carbonyl (C=O) groups is 1. The third-order valence-corrected chi connectivity index (χ3v) is 5.42. The molecule has 27 heavy (non-hydrogen) atoms. The highest BCUT2D eigenvalue weighted by Crippen LogP contribution is 2.38. The molecule has 2 aliphatic heterocycles. The Morgan fingerprint density at radius 3 is 2.89 bits per heavy atom. The SMILES string of the molecule is Cl.O=C(C=Cc1ccc(Cl)cc1F)Nc1ccc2c(c1)C1CCCN1CC2. The van der Waals surface area contributed by atoms with Crippen LogP contribution >= 0.6 is 24.0 Å². The minimum Gasteiger partial charge on any atom is -0.323 e. The maximum Gasteiger partial charge on any atom is 0.248 e. The second-order valence-corrected chi connectivity index (χ2v) is 7.28. The largest absolute Gasteiger partial charge is 0.323 e.